The first-order valence-electron chi connectivity index (χ1n) is 7.69. The largest absolute Gasteiger partial charge is 0.445 e. The molecule has 4 heteroatoms. The van der Waals surface area contributed by atoms with Gasteiger partial charge in [0.05, 0.1) is 0 Å². The molecule has 0 saturated heterocycles. The predicted octanol–water partition coefficient (Wildman–Crippen LogP) is 3.56. The number of rotatable bonds is 5. The highest BCUT2D eigenvalue weighted by atomic mass is 16.5. The Bertz CT molecular complexity index is 757. The fourth-order valence-electron chi connectivity index (χ4n) is 1.98. The van der Waals surface area contributed by atoms with Crippen LogP contribution in [0.25, 0.3) is 0 Å². The van der Waals surface area contributed by atoms with Crippen molar-refractivity contribution in [2.45, 2.75) is 20.0 Å². The molecule has 0 heterocycles. The van der Waals surface area contributed by atoms with Crippen LogP contribution in [-0.2, 0) is 11.3 Å². The van der Waals surface area contributed by atoms with E-state index in [1.54, 1.807) is 18.2 Å². The minimum atomic E-state index is -0.459. The second-order valence-corrected chi connectivity index (χ2v) is 5.18. The molecule has 24 heavy (non-hydrogen) atoms. The van der Waals surface area contributed by atoms with Crippen LogP contribution in [0.4, 0.5) is 4.79 Å². The third-order valence-electron chi connectivity index (χ3n) is 3.23. The number of ether oxygens (including phenoxy) is 1. The van der Waals surface area contributed by atoms with E-state index >= 15 is 0 Å². The van der Waals surface area contributed by atoms with Gasteiger partial charge in [-0.2, -0.15) is 0 Å². The zero-order valence-electron chi connectivity index (χ0n) is 13.5. The van der Waals surface area contributed by atoms with E-state index in [1.807, 2.05) is 36.4 Å². The van der Waals surface area contributed by atoms with E-state index in [1.165, 1.54) is 6.92 Å². The lowest BCUT2D eigenvalue weighted by molar-refractivity contribution is 0.101. The van der Waals surface area contributed by atoms with Crippen molar-refractivity contribution in [1.29, 1.82) is 0 Å². The molecule has 2 rings (SSSR count). The summed E-state index contributed by atoms with van der Waals surface area (Å²) >= 11 is 0. The molecular formula is C20H19NO3. The summed E-state index contributed by atoms with van der Waals surface area (Å²) in [4.78, 5) is 22.9. The molecule has 1 N–H and O–H groups in total. The van der Waals surface area contributed by atoms with Gasteiger partial charge in [0.1, 0.15) is 6.61 Å². The summed E-state index contributed by atoms with van der Waals surface area (Å²) in [6, 6.07) is 16.7. The lowest BCUT2D eigenvalue weighted by Crippen LogP contribution is -2.24. The maximum absolute atomic E-state index is 11.6. The van der Waals surface area contributed by atoms with Crippen LogP contribution < -0.4 is 5.32 Å². The Morgan fingerprint density at radius 1 is 1.08 bits per heavy atom. The van der Waals surface area contributed by atoms with Crippen molar-refractivity contribution in [1.82, 2.24) is 5.32 Å². The maximum atomic E-state index is 11.6. The number of ketones is 1. The fourth-order valence-corrected chi connectivity index (χ4v) is 1.98. The molecule has 0 aliphatic carbocycles. The summed E-state index contributed by atoms with van der Waals surface area (Å²) in [5.41, 5.74) is 2.37. The number of hydrogen-bond donors (Lipinski definition) is 1. The van der Waals surface area contributed by atoms with Gasteiger partial charge in [0.25, 0.3) is 0 Å². The standard InChI is InChI=1S/C20H19NO3/c1-16(22)19-12-7-11-17(14-19)8-5-6-13-21-20(23)24-15-18-9-3-2-4-10-18/h2-4,7,9-12,14H,6,13,15H2,1H3,(H,21,23). The highest BCUT2D eigenvalue weighted by Crippen LogP contribution is 2.04. The average Bonchev–Trinajstić information content (AvgIpc) is 2.61. The number of Topliss-reactive ketones (excluding diaryl/α,β-unsaturated/α-hetero) is 1. The number of hydrogen-bond acceptors (Lipinski definition) is 3. The summed E-state index contributed by atoms with van der Waals surface area (Å²) in [6.45, 7) is 2.18. The van der Waals surface area contributed by atoms with Crippen molar-refractivity contribution in [2.24, 2.45) is 0 Å². The zero-order valence-corrected chi connectivity index (χ0v) is 13.5. The van der Waals surface area contributed by atoms with Gasteiger partial charge in [0.2, 0.25) is 0 Å². The Balaban J connectivity index is 1.70. The Labute approximate surface area is 141 Å². The van der Waals surface area contributed by atoms with E-state index in [0.717, 1.165) is 11.1 Å². The van der Waals surface area contributed by atoms with Crippen LogP contribution >= 0.6 is 0 Å². The van der Waals surface area contributed by atoms with Gasteiger partial charge in [-0.15, -0.1) is 0 Å². The fraction of sp³-hybridized carbons (Fsp3) is 0.200. The topological polar surface area (TPSA) is 55.4 Å². The number of benzene rings is 2. The maximum Gasteiger partial charge on any atom is 0.407 e. The first-order valence-corrected chi connectivity index (χ1v) is 7.69. The predicted molar refractivity (Wildman–Crippen MR) is 92.6 cm³/mol. The van der Waals surface area contributed by atoms with Crippen molar-refractivity contribution in [2.75, 3.05) is 6.54 Å². The summed E-state index contributed by atoms with van der Waals surface area (Å²) in [5, 5.41) is 2.65. The third kappa shape index (κ3) is 5.98. The number of nitrogens with one attached hydrogen (secondary N) is 1. The van der Waals surface area contributed by atoms with Gasteiger partial charge < -0.3 is 10.1 Å². The monoisotopic (exact) mass is 321 g/mol. The highest BCUT2D eigenvalue weighted by Gasteiger charge is 2.01. The normalized spacial score (nSPS) is 9.54. The van der Waals surface area contributed by atoms with E-state index in [2.05, 4.69) is 17.2 Å². The molecule has 0 aliphatic heterocycles. The highest BCUT2D eigenvalue weighted by molar-refractivity contribution is 5.94. The number of amides is 1. The van der Waals surface area contributed by atoms with E-state index in [0.29, 0.717) is 18.5 Å². The van der Waals surface area contributed by atoms with E-state index in [-0.39, 0.29) is 12.4 Å². The van der Waals surface area contributed by atoms with Crippen molar-refractivity contribution in [3.63, 3.8) is 0 Å². The molecule has 0 saturated carbocycles. The Morgan fingerprint density at radius 3 is 2.62 bits per heavy atom. The number of carbonyl (C=O) groups is 2. The van der Waals surface area contributed by atoms with E-state index in [4.69, 9.17) is 4.74 Å². The van der Waals surface area contributed by atoms with Gasteiger partial charge in [-0.05, 0) is 24.6 Å². The molecule has 0 radical (unpaired) electrons. The Hall–Kier alpha value is -3.06. The minimum Gasteiger partial charge on any atom is -0.445 e. The molecule has 2 aromatic rings. The molecule has 0 aromatic heterocycles. The average molecular weight is 321 g/mol. The van der Waals surface area contributed by atoms with Crippen LogP contribution in [0.2, 0.25) is 0 Å². The zero-order chi connectivity index (χ0) is 17.2. The number of alkyl carbamates (subject to hydrolysis) is 1. The van der Waals surface area contributed by atoms with Gasteiger partial charge in [-0.1, -0.05) is 54.3 Å². The van der Waals surface area contributed by atoms with Gasteiger partial charge in [-0.3, -0.25) is 4.79 Å². The van der Waals surface area contributed by atoms with Crippen molar-refractivity contribution < 1.29 is 14.3 Å². The summed E-state index contributed by atoms with van der Waals surface area (Å²) < 4.78 is 5.10. The summed E-state index contributed by atoms with van der Waals surface area (Å²) in [6.07, 6.45) is 0.0457. The summed E-state index contributed by atoms with van der Waals surface area (Å²) in [5.74, 6) is 5.96. The molecule has 0 fully saturated rings. The molecule has 1 amide bonds. The smallest absolute Gasteiger partial charge is 0.407 e. The molecule has 2 aromatic carbocycles. The van der Waals surface area contributed by atoms with Crippen LogP contribution in [0.5, 0.6) is 0 Å². The van der Waals surface area contributed by atoms with Crippen molar-refractivity contribution in [3.8, 4) is 11.8 Å². The van der Waals surface area contributed by atoms with Crippen LogP contribution in [0.15, 0.2) is 54.6 Å². The van der Waals surface area contributed by atoms with Gasteiger partial charge >= 0.3 is 6.09 Å². The molecule has 0 bridgehead atoms. The molecule has 0 aliphatic rings. The van der Waals surface area contributed by atoms with Gasteiger partial charge in [0, 0.05) is 24.1 Å². The minimum absolute atomic E-state index is 0.0153. The molecule has 0 atom stereocenters. The second kappa shape index (κ2) is 9.16. The van der Waals surface area contributed by atoms with Crippen molar-refractivity contribution >= 4 is 11.9 Å². The van der Waals surface area contributed by atoms with E-state index in [9.17, 15) is 9.59 Å². The second-order valence-electron chi connectivity index (χ2n) is 5.18. The Kier molecular flexibility index (Phi) is 6.60. The lowest BCUT2D eigenvalue weighted by Gasteiger charge is -2.05. The van der Waals surface area contributed by atoms with Crippen LogP contribution in [0, 0.1) is 11.8 Å². The first-order chi connectivity index (χ1) is 11.6. The third-order valence-corrected chi connectivity index (χ3v) is 3.23. The lowest BCUT2D eigenvalue weighted by atomic mass is 10.1. The van der Waals surface area contributed by atoms with Crippen LogP contribution in [0.3, 0.4) is 0 Å². The molecule has 0 unspecified atom stereocenters. The van der Waals surface area contributed by atoms with E-state index < -0.39 is 6.09 Å². The summed E-state index contributed by atoms with van der Waals surface area (Å²) in [7, 11) is 0. The Morgan fingerprint density at radius 2 is 1.88 bits per heavy atom. The molecular weight excluding hydrogens is 302 g/mol. The first kappa shape index (κ1) is 17.3. The molecule has 4 nitrogen and oxygen atoms in total. The SMILES string of the molecule is CC(=O)c1cccc(C#CCCNC(=O)OCc2ccccc2)c1. The molecule has 122 valence electrons. The van der Waals surface area contributed by atoms with Crippen LogP contribution in [0.1, 0.15) is 34.8 Å². The molecule has 0 spiro atoms. The van der Waals surface area contributed by atoms with Gasteiger partial charge in [-0.25, -0.2) is 4.79 Å². The quantitative estimate of drug-likeness (QED) is 0.520. The number of carbonyl (C=O) groups excluding carboxylic acids is 2. The van der Waals surface area contributed by atoms with Gasteiger partial charge in [0.15, 0.2) is 5.78 Å². The van der Waals surface area contributed by atoms with Crippen LogP contribution in [-0.4, -0.2) is 18.4 Å². The van der Waals surface area contributed by atoms with Crippen molar-refractivity contribution in [3.05, 3.63) is 71.3 Å².